The molecule has 1 heterocycles. The maximum absolute atomic E-state index is 11.4. The molecule has 80 valence electrons. The van der Waals surface area contributed by atoms with Crippen molar-refractivity contribution in [2.75, 3.05) is 5.32 Å². The van der Waals surface area contributed by atoms with Gasteiger partial charge in [0.15, 0.2) is 0 Å². The highest BCUT2D eigenvalue weighted by Gasteiger charge is 2.23. The molecule has 5 heteroatoms. The second kappa shape index (κ2) is 3.84. The van der Waals surface area contributed by atoms with Gasteiger partial charge in [0.25, 0.3) is 0 Å². The number of rotatable bonds is 1. The van der Waals surface area contributed by atoms with Crippen LogP contribution >= 0.6 is 11.8 Å². The number of nitrogens with two attached hydrogens (primary N) is 2. The molecule has 4 nitrogen and oxygen atoms in total. The fourth-order valence-corrected chi connectivity index (χ4v) is 2.36. The van der Waals surface area contributed by atoms with Crippen LogP contribution in [0.3, 0.4) is 0 Å². The minimum absolute atomic E-state index is 0.0234. The van der Waals surface area contributed by atoms with Crippen molar-refractivity contribution in [3.63, 3.8) is 0 Å². The monoisotopic (exact) mass is 223 g/mol. The molecule has 2 rings (SSSR count). The second-order valence-electron chi connectivity index (χ2n) is 3.53. The van der Waals surface area contributed by atoms with E-state index in [9.17, 15) is 4.79 Å². The summed E-state index contributed by atoms with van der Waals surface area (Å²) in [6, 6.07) is 5.66. The first-order valence-corrected chi connectivity index (χ1v) is 5.58. The summed E-state index contributed by atoms with van der Waals surface area (Å²) < 4.78 is 0. The summed E-state index contributed by atoms with van der Waals surface area (Å²) in [5.41, 5.74) is 12.8. The minimum atomic E-state index is -0.503. The third kappa shape index (κ3) is 1.99. The molecule has 0 aromatic heterocycles. The molecule has 15 heavy (non-hydrogen) atoms. The number of amides is 1. The van der Waals surface area contributed by atoms with Gasteiger partial charge >= 0.3 is 0 Å². The lowest BCUT2D eigenvalue weighted by molar-refractivity contribution is -0.115. The van der Waals surface area contributed by atoms with Crippen LogP contribution in [0.5, 0.6) is 0 Å². The van der Waals surface area contributed by atoms with E-state index in [0.717, 1.165) is 16.1 Å². The van der Waals surface area contributed by atoms with Gasteiger partial charge in [-0.2, -0.15) is 0 Å². The smallest absolute Gasteiger partial charge is 0.237 e. The highest BCUT2D eigenvalue weighted by molar-refractivity contribution is 8.00. The molecule has 1 aromatic carbocycles. The van der Waals surface area contributed by atoms with Gasteiger partial charge in [0.05, 0.1) is 17.1 Å². The maximum Gasteiger partial charge on any atom is 0.237 e. The van der Waals surface area contributed by atoms with Crippen molar-refractivity contribution in [2.45, 2.75) is 23.2 Å². The highest BCUT2D eigenvalue weighted by atomic mass is 32.2. The van der Waals surface area contributed by atoms with Crippen LogP contribution in [0, 0.1) is 0 Å². The average molecular weight is 223 g/mol. The molecule has 1 unspecified atom stereocenters. The first-order valence-electron chi connectivity index (χ1n) is 4.70. The summed E-state index contributed by atoms with van der Waals surface area (Å²) in [7, 11) is 0. The van der Waals surface area contributed by atoms with Crippen molar-refractivity contribution in [2.24, 2.45) is 11.5 Å². The van der Waals surface area contributed by atoms with Crippen LogP contribution in [0.25, 0.3) is 0 Å². The normalized spacial score (nSPS) is 20.0. The van der Waals surface area contributed by atoms with Gasteiger partial charge in [-0.05, 0) is 24.6 Å². The van der Waals surface area contributed by atoms with E-state index in [2.05, 4.69) is 5.32 Å². The Morgan fingerprint density at radius 3 is 2.87 bits per heavy atom. The summed E-state index contributed by atoms with van der Waals surface area (Å²) in [5.74, 6) is 0.0234. The number of carbonyl (C=O) groups is 1. The molecular weight excluding hydrogens is 210 g/mol. The van der Waals surface area contributed by atoms with Crippen LogP contribution in [0.2, 0.25) is 0 Å². The van der Waals surface area contributed by atoms with Gasteiger partial charge in [0.1, 0.15) is 0 Å². The van der Waals surface area contributed by atoms with Crippen molar-refractivity contribution >= 4 is 23.4 Å². The summed E-state index contributed by atoms with van der Waals surface area (Å²) in [5, 5.41) is 2.79. The second-order valence-corrected chi connectivity index (χ2v) is 4.91. The molecule has 0 bridgehead atoms. The SMILES string of the molecule is CC1Sc2ccc(C(N)N)cc2NC1=O. The predicted octanol–water partition coefficient (Wildman–Crippen LogP) is 1.04. The van der Waals surface area contributed by atoms with Crippen LogP contribution in [-0.4, -0.2) is 11.2 Å². The zero-order valence-electron chi connectivity index (χ0n) is 8.36. The van der Waals surface area contributed by atoms with E-state index in [4.69, 9.17) is 11.5 Å². The summed E-state index contributed by atoms with van der Waals surface area (Å²) in [6.45, 7) is 1.88. The Bertz CT molecular complexity index is 406. The van der Waals surface area contributed by atoms with Crippen molar-refractivity contribution in [3.05, 3.63) is 23.8 Å². The standard InChI is InChI=1S/C10H13N3OS/c1-5-10(14)13-7-4-6(9(11)12)2-3-8(7)15-5/h2-5,9H,11-12H2,1H3,(H,13,14). The van der Waals surface area contributed by atoms with E-state index in [0.29, 0.717) is 0 Å². The van der Waals surface area contributed by atoms with E-state index in [-0.39, 0.29) is 11.2 Å². The van der Waals surface area contributed by atoms with Crippen LogP contribution in [0.1, 0.15) is 18.7 Å². The third-order valence-corrected chi connectivity index (χ3v) is 3.50. The lowest BCUT2D eigenvalue weighted by Gasteiger charge is -2.22. The Labute approximate surface area is 92.4 Å². The number of anilines is 1. The minimum Gasteiger partial charge on any atom is -0.324 e. The number of thioether (sulfide) groups is 1. The molecule has 0 aliphatic carbocycles. The lowest BCUT2D eigenvalue weighted by Crippen LogP contribution is -2.27. The molecule has 1 aliphatic heterocycles. The van der Waals surface area contributed by atoms with Crippen LogP contribution < -0.4 is 16.8 Å². The molecule has 0 saturated heterocycles. The first-order chi connectivity index (χ1) is 7.08. The van der Waals surface area contributed by atoms with E-state index in [1.807, 2.05) is 25.1 Å². The van der Waals surface area contributed by atoms with Gasteiger partial charge in [0.2, 0.25) is 5.91 Å². The molecule has 1 aromatic rings. The molecule has 1 amide bonds. The van der Waals surface area contributed by atoms with Crippen LogP contribution in [-0.2, 0) is 4.79 Å². The molecule has 0 fully saturated rings. The highest BCUT2D eigenvalue weighted by Crippen LogP contribution is 2.36. The maximum atomic E-state index is 11.4. The molecular formula is C10H13N3OS. The Hall–Kier alpha value is -1.04. The number of nitrogens with one attached hydrogen (secondary N) is 1. The predicted molar refractivity (Wildman–Crippen MR) is 61.5 cm³/mol. The number of fused-ring (bicyclic) bond motifs is 1. The van der Waals surface area contributed by atoms with Gasteiger partial charge in [-0.1, -0.05) is 6.07 Å². The number of benzene rings is 1. The Kier molecular flexibility index (Phi) is 2.68. The fourth-order valence-electron chi connectivity index (χ4n) is 1.43. The van der Waals surface area contributed by atoms with Gasteiger partial charge in [-0.3, -0.25) is 4.79 Å². The number of hydrogen-bond donors (Lipinski definition) is 3. The van der Waals surface area contributed by atoms with Crippen molar-refractivity contribution < 1.29 is 4.79 Å². The van der Waals surface area contributed by atoms with Crippen LogP contribution in [0.4, 0.5) is 5.69 Å². The summed E-state index contributed by atoms with van der Waals surface area (Å²) in [6.07, 6.45) is -0.503. The molecule has 0 radical (unpaired) electrons. The van der Waals surface area contributed by atoms with Crippen molar-refractivity contribution in [1.82, 2.24) is 0 Å². The van der Waals surface area contributed by atoms with Gasteiger partial charge in [0, 0.05) is 4.90 Å². The zero-order chi connectivity index (χ0) is 11.0. The van der Waals surface area contributed by atoms with Crippen LogP contribution in [0.15, 0.2) is 23.1 Å². The largest absolute Gasteiger partial charge is 0.324 e. The fraction of sp³-hybridized carbons (Fsp3) is 0.300. The van der Waals surface area contributed by atoms with E-state index in [1.165, 1.54) is 0 Å². The average Bonchev–Trinajstić information content (AvgIpc) is 2.19. The Balaban J connectivity index is 2.37. The first kappa shape index (κ1) is 10.5. The Morgan fingerprint density at radius 1 is 1.47 bits per heavy atom. The van der Waals surface area contributed by atoms with E-state index < -0.39 is 6.17 Å². The van der Waals surface area contributed by atoms with Crippen molar-refractivity contribution in [3.8, 4) is 0 Å². The zero-order valence-corrected chi connectivity index (χ0v) is 9.17. The Morgan fingerprint density at radius 2 is 2.20 bits per heavy atom. The quantitative estimate of drug-likeness (QED) is 0.621. The van der Waals surface area contributed by atoms with E-state index in [1.54, 1.807) is 11.8 Å². The topological polar surface area (TPSA) is 81.1 Å². The third-order valence-electron chi connectivity index (χ3n) is 2.32. The number of carbonyl (C=O) groups excluding carboxylic acids is 1. The van der Waals surface area contributed by atoms with Crippen molar-refractivity contribution in [1.29, 1.82) is 0 Å². The number of hydrogen-bond acceptors (Lipinski definition) is 4. The van der Waals surface area contributed by atoms with Gasteiger partial charge in [-0.25, -0.2) is 0 Å². The van der Waals surface area contributed by atoms with Gasteiger partial charge < -0.3 is 16.8 Å². The summed E-state index contributed by atoms with van der Waals surface area (Å²) >= 11 is 1.55. The molecule has 1 atom stereocenters. The molecule has 0 saturated carbocycles. The lowest BCUT2D eigenvalue weighted by atomic mass is 10.1. The molecule has 0 spiro atoms. The van der Waals surface area contributed by atoms with Gasteiger partial charge in [-0.15, -0.1) is 11.8 Å². The molecule has 1 aliphatic rings. The molecule has 5 N–H and O–H groups in total. The summed E-state index contributed by atoms with van der Waals surface area (Å²) in [4.78, 5) is 12.5. The van der Waals surface area contributed by atoms with E-state index >= 15 is 0 Å².